The van der Waals surface area contributed by atoms with Crippen LogP contribution in [0.3, 0.4) is 0 Å². The number of benzene rings is 2. The fraction of sp³-hybridized carbons (Fsp3) is 0.231. The number of fused-ring (bicyclic) bond motifs is 1. The number of rotatable bonds is 1. The summed E-state index contributed by atoms with van der Waals surface area (Å²) < 4.78 is 0. The lowest BCUT2D eigenvalue weighted by molar-refractivity contribution is 0.847. The molecular formula is C13H14S. The Morgan fingerprint density at radius 3 is 2.43 bits per heavy atom. The Kier molecular flexibility index (Phi) is 2.51. The first kappa shape index (κ1) is 9.60. The van der Waals surface area contributed by atoms with E-state index in [1.807, 2.05) is 0 Å². The molecule has 0 atom stereocenters. The van der Waals surface area contributed by atoms with Crippen molar-refractivity contribution in [1.82, 2.24) is 0 Å². The van der Waals surface area contributed by atoms with Crippen LogP contribution in [0.25, 0.3) is 10.8 Å². The first-order chi connectivity index (χ1) is 6.70. The van der Waals surface area contributed by atoms with Crippen LogP contribution in [0, 0.1) is 0 Å². The zero-order chi connectivity index (χ0) is 10.1. The molecule has 0 fully saturated rings. The van der Waals surface area contributed by atoms with E-state index in [0.29, 0.717) is 5.92 Å². The van der Waals surface area contributed by atoms with Crippen molar-refractivity contribution >= 4 is 23.4 Å². The van der Waals surface area contributed by atoms with Gasteiger partial charge in [0, 0.05) is 4.90 Å². The molecular weight excluding hydrogens is 188 g/mol. The van der Waals surface area contributed by atoms with E-state index < -0.39 is 0 Å². The van der Waals surface area contributed by atoms with Gasteiger partial charge in [0.15, 0.2) is 0 Å². The molecule has 14 heavy (non-hydrogen) atoms. The van der Waals surface area contributed by atoms with Crippen molar-refractivity contribution in [3.8, 4) is 0 Å². The Morgan fingerprint density at radius 1 is 1.00 bits per heavy atom. The monoisotopic (exact) mass is 202 g/mol. The van der Waals surface area contributed by atoms with Gasteiger partial charge < -0.3 is 0 Å². The highest BCUT2D eigenvalue weighted by molar-refractivity contribution is 7.80. The first-order valence-corrected chi connectivity index (χ1v) is 5.35. The third-order valence-electron chi connectivity index (χ3n) is 2.55. The fourth-order valence-corrected chi connectivity index (χ4v) is 2.27. The van der Waals surface area contributed by atoms with E-state index in [2.05, 4.69) is 62.9 Å². The molecule has 0 saturated carbocycles. The topological polar surface area (TPSA) is 0 Å². The Bertz CT molecular complexity index is 458. The van der Waals surface area contributed by atoms with Gasteiger partial charge in [-0.15, -0.1) is 12.6 Å². The minimum absolute atomic E-state index is 0.534. The molecule has 0 heterocycles. The van der Waals surface area contributed by atoms with Crippen molar-refractivity contribution in [3.63, 3.8) is 0 Å². The predicted molar refractivity (Wildman–Crippen MR) is 65.3 cm³/mol. The van der Waals surface area contributed by atoms with Gasteiger partial charge in [-0.05, 0) is 22.3 Å². The summed E-state index contributed by atoms with van der Waals surface area (Å²) in [5, 5.41) is 2.52. The lowest BCUT2D eigenvalue weighted by Crippen LogP contribution is -1.89. The Labute approximate surface area is 90.4 Å². The summed E-state index contributed by atoms with van der Waals surface area (Å²) in [4.78, 5) is 1.12. The van der Waals surface area contributed by atoms with E-state index in [1.54, 1.807) is 0 Å². The van der Waals surface area contributed by atoms with Crippen LogP contribution >= 0.6 is 12.6 Å². The van der Waals surface area contributed by atoms with Gasteiger partial charge in [-0.1, -0.05) is 50.2 Å². The summed E-state index contributed by atoms with van der Waals surface area (Å²) in [6, 6.07) is 12.7. The molecule has 1 heteroatoms. The maximum absolute atomic E-state index is 4.60. The second-order valence-corrected chi connectivity index (χ2v) is 4.33. The smallest absolute Gasteiger partial charge is 0.0153 e. The summed E-state index contributed by atoms with van der Waals surface area (Å²) in [5.74, 6) is 0.534. The van der Waals surface area contributed by atoms with Gasteiger partial charge in [0.2, 0.25) is 0 Å². The van der Waals surface area contributed by atoms with E-state index in [1.165, 1.54) is 16.3 Å². The van der Waals surface area contributed by atoms with Gasteiger partial charge in [-0.2, -0.15) is 0 Å². The normalized spacial score (nSPS) is 11.1. The lowest BCUT2D eigenvalue weighted by atomic mass is 9.99. The second-order valence-electron chi connectivity index (χ2n) is 3.88. The maximum atomic E-state index is 4.60. The van der Waals surface area contributed by atoms with Crippen molar-refractivity contribution < 1.29 is 0 Å². The van der Waals surface area contributed by atoms with Gasteiger partial charge in [0.05, 0.1) is 0 Å². The molecule has 72 valence electrons. The van der Waals surface area contributed by atoms with Gasteiger partial charge in [-0.3, -0.25) is 0 Å². The van der Waals surface area contributed by atoms with Crippen molar-refractivity contribution in [2.45, 2.75) is 24.7 Å². The number of hydrogen-bond acceptors (Lipinski definition) is 1. The van der Waals surface area contributed by atoms with Crippen LogP contribution in [-0.2, 0) is 0 Å². The molecule has 2 aromatic carbocycles. The third kappa shape index (κ3) is 1.53. The molecule has 0 aliphatic heterocycles. The summed E-state index contributed by atoms with van der Waals surface area (Å²) in [5.41, 5.74) is 1.33. The van der Waals surface area contributed by atoms with E-state index >= 15 is 0 Å². The first-order valence-electron chi connectivity index (χ1n) is 4.91. The summed E-state index contributed by atoms with van der Waals surface area (Å²) >= 11 is 4.60. The van der Waals surface area contributed by atoms with Crippen LogP contribution in [0.4, 0.5) is 0 Å². The van der Waals surface area contributed by atoms with Gasteiger partial charge in [-0.25, -0.2) is 0 Å². The van der Waals surface area contributed by atoms with Crippen molar-refractivity contribution in [2.24, 2.45) is 0 Å². The molecule has 0 nitrogen and oxygen atoms in total. The van der Waals surface area contributed by atoms with E-state index in [-0.39, 0.29) is 0 Å². The number of hydrogen-bond donors (Lipinski definition) is 1. The van der Waals surface area contributed by atoms with E-state index in [0.717, 1.165) is 4.90 Å². The standard InChI is InChI=1S/C13H14S/c1-9(2)11-8-7-10-5-3-4-6-12(10)13(11)14/h3-9,14H,1-2H3. The number of thiol groups is 1. The summed E-state index contributed by atoms with van der Waals surface area (Å²) in [6.07, 6.45) is 0. The lowest BCUT2D eigenvalue weighted by Gasteiger charge is -2.11. The highest BCUT2D eigenvalue weighted by Crippen LogP contribution is 2.29. The minimum Gasteiger partial charge on any atom is -0.142 e. The Hall–Kier alpha value is -0.950. The molecule has 0 amide bonds. The second kappa shape index (κ2) is 3.66. The third-order valence-corrected chi connectivity index (χ3v) is 3.05. The van der Waals surface area contributed by atoms with Gasteiger partial charge >= 0.3 is 0 Å². The minimum atomic E-state index is 0.534. The molecule has 0 aliphatic rings. The van der Waals surface area contributed by atoms with Gasteiger partial charge in [0.1, 0.15) is 0 Å². The molecule has 0 bridgehead atoms. The Morgan fingerprint density at radius 2 is 1.71 bits per heavy atom. The van der Waals surface area contributed by atoms with Crippen molar-refractivity contribution in [3.05, 3.63) is 42.0 Å². The molecule has 0 spiro atoms. The van der Waals surface area contributed by atoms with Crippen LogP contribution in [0.1, 0.15) is 25.3 Å². The van der Waals surface area contributed by atoms with Crippen molar-refractivity contribution in [1.29, 1.82) is 0 Å². The fourth-order valence-electron chi connectivity index (χ4n) is 1.74. The average Bonchev–Trinajstić information content (AvgIpc) is 2.18. The molecule has 0 radical (unpaired) electrons. The van der Waals surface area contributed by atoms with Crippen LogP contribution in [0.15, 0.2) is 41.3 Å². The summed E-state index contributed by atoms with van der Waals surface area (Å²) in [7, 11) is 0. The average molecular weight is 202 g/mol. The zero-order valence-electron chi connectivity index (χ0n) is 8.49. The zero-order valence-corrected chi connectivity index (χ0v) is 9.38. The van der Waals surface area contributed by atoms with Crippen molar-refractivity contribution in [2.75, 3.05) is 0 Å². The van der Waals surface area contributed by atoms with Crippen LogP contribution in [0.2, 0.25) is 0 Å². The maximum Gasteiger partial charge on any atom is 0.0153 e. The van der Waals surface area contributed by atoms with Crippen LogP contribution < -0.4 is 0 Å². The van der Waals surface area contributed by atoms with Gasteiger partial charge in [0.25, 0.3) is 0 Å². The Balaban J connectivity index is 2.75. The predicted octanol–water partition coefficient (Wildman–Crippen LogP) is 4.25. The van der Waals surface area contributed by atoms with E-state index in [9.17, 15) is 0 Å². The summed E-state index contributed by atoms with van der Waals surface area (Å²) in [6.45, 7) is 4.40. The molecule has 0 N–H and O–H groups in total. The molecule has 0 aromatic heterocycles. The van der Waals surface area contributed by atoms with Crippen LogP contribution in [-0.4, -0.2) is 0 Å². The quantitative estimate of drug-likeness (QED) is 0.657. The largest absolute Gasteiger partial charge is 0.142 e. The molecule has 0 aliphatic carbocycles. The van der Waals surface area contributed by atoms with Crippen LogP contribution in [0.5, 0.6) is 0 Å². The highest BCUT2D eigenvalue weighted by Gasteiger charge is 2.06. The molecule has 2 rings (SSSR count). The highest BCUT2D eigenvalue weighted by atomic mass is 32.1. The molecule has 2 aromatic rings. The molecule has 0 unspecified atom stereocenters. The van der Waals surface area contributed by atoms with E-state index in [4.69, 9.17) is 0 Å². The SMILES string of the molecule is CC(C)c1ccc2ccccc2c1S. The molecule has 0 saturated heterocycles.